The lowest BCUT2D eigenvalue weighted by molar-refractivity contribution is 0.669. The summed E-state index contributed by atoms with van der Waals surface area (Å²) in [5.74, 6) is 0.566. The molecule has 6 rings (SSSR count). The predicted molar refractivity (Wildman–Crippen MR) is 122 cm³/mol. The van der Waals surface area contributed by atoms with Crippen molar-refractivity contribution in [2.75, 3.05) is 0 Å². The second-order valence-electron chi connectivity index (χ2n) is 7.39. The highest BCUT2D eigenvalue weighted by molar-refractivity contribution is 6.09. The molecule has 4 heteroatoms. The van der Waals surface area contributed by atoms with Crippen LogP contribution in [0.3, 0.4) is 0 Å². The summed E-state index contributed by atoms with van der Waals surface area (Å²) in [6.45, 7) is 0. The highest BCUT2D eigenvalue weighted by Crippen LogP contribution is 2.35. The molecule has 2 heterocycles. The molecular weight excluding hydrogens is 382 g/mol. The first kappa shape index (κ1) is 17.4. The van der Waals surface area contributed by atoms with E-state index in [2.05, 4.69) is 6.07 Å². The summed E-state index contributed by atoms with van der Waals surface area (Å²) in [5.41, 5.74) is 5.47. The van der Waals surface area contributed by atoms with Crippen molar-refractivity contribution < 1.29 is 4.42 Å². The monoisotopic (exact) mass is 397 g/mol. The van der Waals surface area contributed by atoms with Gasteiger partial charge in [0.2, 0.25) is 0 Å². The molecule has 0 bridgehead atoms. The fraction of sp³-hybridized carbons (Fsp3) is 0. The Morgan fingerprint density at radius 2 is 1.42 bits per heavy atom. The van der Waals surface area contributed by atoms with Gasteiger partial charge in [0.25, 0.3) is 0 Å². The van der Waals surface area contributed by atoms with Crippen molar-refractivity contribution in [2.45, 2.75) is 0 Å². The molecular formula is C27H15N3O. The minimum Gasteiger partial charge on any atom is -0.456 e. The second-order valence-corrected chi connectivity index (χ2v) is 7.39. The lowest BCUT2D eigenvalue weighted by Crippen LogP contribution is -1.95. The van der Waals surface area contributed by atoms with Crippen molar-refractivity contribution >= 4 is 32.8 Å². The van der Waals surface area contributed by atoms with Gasteiger partial charge in [0, 0.05) is 27.3 Å². The molecule has 0 aliphatic rings. The molecule has 2 aromatic heterocycles. The molecule has 4 aromatic carbocycles. The van der Waals surface area contributed by atoms with E-state index in [0.717, 1.165) is 44.1 Å². The smallest absolute Gasteiger partial charge is 0.160 e. The predicted octanol–water partition coefficient (Wildman–Crippen LogP) is 6.73. The topological polar surface area (TPSA) is 62.7 Å². The Morgan fingerprint density at radius 1 is 0.677 bits per heavy atom. The average molecular weight is 397 g/mol. The van der Waals surface area contributed by atoms with Crippen molar-refractivity contribution in [3.8, 4) is 28.7 Å². The van der Waals surface area contributed by atoms with Crippen LogP contribution < -0.4 is 0 Å². The van der Waals surface area contributed by atoms with Gasteiger partial charge in [0.05, 0.1) is 22.8 Å². The molecule has 0 aliphatic carbocycles. The van der Waals surface area contributed by atoms with Gasteiger partial charge in [-0.15, -0.1) is 0 Å². The molecule has 0 aliphatic heterocycles. The zero-order valence-electron chi connectivity index (χ0n) is 16.4. The number of nitrogens with zero attached hydrogens (tertiary/aromatic N) is 3. The van der Waals surface area contributed by atoms with Crippen LogP contribution in [0.2, 0.25) is 0 Å². The van der Waals surface area contributed by atoms with Gasteiger partial charge in [-0.3, -0.25) is 0 Å². The van der Waals surface area contributed by atoms with Gasteiger partial charge in [0.1, 0.15) is 11.2 Å². The Kier molecular flexibility index (Phi) is 3.81. The first-order valence-corrected chi connectivity index (χ1v) is 10.00. The van der Waals surface area contributed by atoms with E-state index in [9.17, 15) is 5.26 Å². The lowest BCUT2D eigenvalue weighted by Gasteiger charge is -2.09. The van der Waals surface area contributed by atoms with Gasteiger partial charge in [0.15, 0.2) is 5.82 Å². The molecule has 6 aromatic rings. The minimum atomic E-state index is 0.551. The zero-order valence-corrected chi connectivity index (χ0v) is 16.4. The number of hydrogen-bond donors (Lipinski definition) is 0. The SMILES string of the molecule is N#Cc1cc(-c2nc(-c3ccccc3)c3ccccc3n2)cc2oc3ccccc3c12. The van der Waals surface area contributed by atoms with E-state index >= 15 is 0 Å². The van der Waals surface area contributed by atoms with Gasteiger partial charge < -0.3 is 4.42 Å². The third kappa shape index (κ3) is 2.76. The number of aromatic nitrogens is 2. The molecule has 0 saturated carbocycles. The number of hydrogen-bond acceptors (Lipinski definition) is 4. The number of nitriles is 1. The van der Waals surface area contributed by atoms with Crippen LogP contribution in [-0.2, 0) is 0 Å². The van der Waals surface area contributed by atoms with Gasteiger partial charge in [-0.05, 0) is 24.3 Å². The molecule has 0 amide bonds. The maximum atomic E-state index is 9.86. The normalized spacial score (nSPS) is 11.2. The van der Waals surface area contributed by atoms with Gasteiger partial charge in [-0.1, -0.05) is 66.7 Å². The Balaban J connectivity index is 1.65. The standard InChI is InChI=1S/C27H15N3O/c28-16-19-14-18(15-24-25(19)21-11-5-7-13-23(21)31-24)27-29-22-12-6-4-10-20(22)26(30-27)17-8-2-1-3-9-17/h1-15H. The van der Waals surface area contributed by atoms with Crippen LogP contribution in [0.5, 0.6) is 0 Å². The van der Waals surface area contributed by atoms with Crippen molar-refractivity contribution in [2.24, 2.45) is 0 Å². The minimum absolute atomic E-state index is 0.551. The third-order valence-corrected chi connectivity index (χ3v) is 5.51. The summed E-state index contributed by atoms with van der Waals surface area (Å²) >= 11 is 0. The summed E-state index contributed by atoms with van der Waals surface area (Å²) in [7, 11) is 0. The summed E-state index contributed by atoms with van der Waals surface area (Å²) in [6, 6.07) is 31.9. The van der Waals surface area contributed by atoms with Crippen LogP contribution >= 0.6 is 0 Å². The zero-order chi connectivity index (χ0) is 20.8. The van der Waals surface area contributed by atoms with E-state index in [1.807, 2.05) is 91.0 Å². The summed E-state index contributed by atoms with van der Waals surface area (Å²) in [6.07, 6.45) is 0. The van der Waals surface area contributed by atoms with Crippen molar-refractivity contribution in [3.63, 3.8) is 0 Å². The Labute approximate surface area is 178 Å². The van der Waals surface area contributed by atoms with Crippen LogP contribution in [0.15, 0.2) is 95.4 Å². The van der Waals surface area contributed by atoms with Crippen LogP contribution in [-0.4, -0.2) is 9.97 Å². The van der Waals surface area contributed by atoms with Crippen LogP contribution in [0, 0.1) is 11.3 Å². The van der Waals surface area contributed by atoms with Crippen molar-refractivity contribution in [1.29, 1.82) is 5.26 Å². The molecule has 0 spiro atoms. The molecule has 4 nitrogen and oxygen atoms in total. The van der Waals surface area contributed by atoms with Crippen LogP contribution in [0.1, 0.15) is 5.56 Å². The Hall–Kier alpha value is -4.49. The van der Waals surface area contributed by atoms with E-state index in [4.69, 9.17) is 14.4 Å². The fourth-order valence-corrected chi connectivity index (χ4v) is 4.09. The number of fused-ring (bicyclic) bond motifs is 4. The molecule has 0 radical (unpaired) electrons. The van der Waals surface area contributed by atoms with Crippen molar-refractivity contribution in [1.82, 2.24) is 9.97 Å². The van der Waals surface area contributed by atoms with E-state index in [1.165, 1.54) is 0 Å². The highest BCUT2D eigenvalue weighted by atomic mass is 16.3. The Morgan fingerprint density at radius 3 is 2.26 bits per heavy atom. The Bertz CT molecular complexity index is 1640. The summed E-state index contributed by atoms with van der Waals surface area (Å²) < 4.78 is 6.05. The number of benzene rings is 4. The molecule has 144 valence electrons. The molecule has 0 saturated heterocycles. The largest absolute Gasteiger partial charge is 0.456 e. The third-order valence-electron chi connectivity index (χ3n) is 5.51. The van der Waals surface area contributed by atoms with Crippen LogP contribution in [0.25, 0.3) is 55.5 Å². The van der Waals surface area contributed by atoms with Gasteiger partial charge in [-0.2, -0.15) is 5.26 Å². The van der Waals surface area contributed by atoms with E-state index < -0.39 is 0 Å². The first-order valence-electron chi connectivity index (χ1n) is 10.00. The first-order chi connectivity index (χ1) is 15.3. The summed E-state index contributed by atoms with van der Waals surface area (Å²) in [4.78, 5) is 9.72. The van der Waals surface area contributed by atoms with E-state index in [1.54, 1.807) is 0 Å². The second kappa shape index (κ2) is 6.79. The molecule has 0 unspecified atom stereocenters. The fourth-order valence-electron chi connectivity index (χ4n) is 4.09. The van der Waals surface area contributed by atoms with Gasteiger partial charge >= 0.3 is 0 Å². The maximum Gasteiger partial charge on any atom is 0.160 e. The van der Waals surface area contributed by atoms with Gasteiger partial charge in [-0.25, -0.2) is 9.97 Å². The maximum absolute atomic E-state index is 9.86. The van der Waals surface area contributed by atoms with Crippen molar-refractivity contribution in [3.05, 3.63) is 96.6 Å². The average Bonchev–Trinajstić information content (AvgIpc) is 3.22. The molecule has 0 N–H and O–H groups in total. The number of rotatable bonds is 2. The van der Waals surface area contributed by atoms with E-state index in [-0.39, 0.29) is 0 Å². The van der Waals surface area contributed by atoms with E-state index in [0.29, 0.717) is 17.0 Å². The molecule has 0 atom stereocenters. The molecule has 0 fully saturated rings. The summed E-state index contributed by atoms with van der Waals surface area (Å²) in [5, 5.41) is 12.6. The number of para-hydroxylation sites is 2. The highest BCUT2D eigenvalue weighted by Gasteiger charge is 2.16. The lowest BCUT2D eigenvalue weighted by atomic mass is 10.0. The van der Waals surface area contributed by atoms with Crippen LogP contribution in [0.4, 0.5) is 0 Å². The number of furan rings is 1. The molecule has 31 heavy (non-hydrogen) atoms. The quantitative estimate of drug-likeness (QED) is 0.325.